The van der Waals surface area contributed by atoms with Crippen molar-refractivity contribution in [1.29, 1.82) is 0 Å². The van der Waals surface area contributed by atoms with Crippen LogP contribution in [-0.4, -0.2) is 5.11 Å². The molecule has 0 heterocycles. The summed E-state index contributed by atoms with van der Waals surface area (Å²) in [6.07, 6.45) is 10.1. The zero-order valence-electron chi connectivity index (χ0n) is 12.3. The van der Waals surface area contributed by atoms with Crippen molar-refractivity contribution in [1.82, 2.24) is 0 Å². The number of phenolic OH excluding ortho intramolecular Hbond substituents is 1. The maximum Gasteiger partial charge on any atom is 0.123 e. The maximum atomic E-state index is 10.8. The average Bonchev–Trinajstić information content (AvgIpc) is 3.00. The van der Waals surface area contributed by atoms with Gasteiger partial charge in [0.05, 0.1) is 0 Å². The Kier molecular flexibility index (Phi) is 3.11. The molecule has 2 aliphatic rings. The van der Waals surface area contributed by atoms with Crippen LogP contribution >= 0.6 is 0 Å². The molecule has 0 unspecified atom stereocenters. The molecule has 0 spiro atoms. The molecule has 19 heavy (non-hydrogen) atoms. The first-order chi connectivity index (χ1) is 9.05. The zero-order valence-corrected chi connectivity index (χ0v) is 12.3. The summed E-state index contributed by atoms with van der Waals surface area (Å²) in [4.78, 5) is 0. The fourth-order valence-electron chi connectivity index (χ4n) is 4.37. The second-order valence-corrected chi connectivity index (χ2v) is 7.24. The van der Waals surface area contributed by atoms with Crippen LogP contribution < -0.4 is 0 Å². The summed E-state index contributed by atoms with van der Waals surface area (Å²) in [5.41, 5.74) is 2.82. The molecule has 0 aliphatic heterocycles. The molecule has 1 aromatic carbocycles. The highest BCUT2D eigenvalue weighted by atomic mass is 16.3. The summed E-state index contributed by atoms with van der Waals surface area (Å²) in [6.45, 7) is 4.66. The van der Waals surface area contributed by atoms with Gasteiger partial charge in [-0.15, -0.1) is 0 Å². The monoisotopic (exact) mass is 258 g/mol. The van der Waals surface area contributed by atoms with Gasteiger partial charge < -0.3 is 5.11 Å². The Balaban J connectivity index is 2.04. The van der Waals surface area contributed by atoms with Crippen LogP contribution in [-0.2, 0) is 10.8 Å². The van der Waals surface area contributed by atoms with Gasteiger partial charge in [0.15, 0.2) is 0 Å². The van der Waals surface area contributed by atoms with Crippen molar-refractivity contribution < 1.29 is 5.11 Å². The normalized spacial score (nSPS) is 24.7. The van der Waals surface area contributed by atoms with Crippen molar-refractivity contribution in [2.45, 2.75) is 76.0 Å². The number of para-hydroxylation sites is 1. The fourth-order valence-corrected chi connectivity index (χ4v) is 4.37. The first-order valence-corrected chi connectivity index (χ1v) is 7.88. The Morgan fingerprint density at radius 2 is 1.16 bits per heavy atom. The minimum absolute atomic E-state index is 0.203. The molecule has 0 radical (unpaired) electrons. The van der Waals surface area contributed by atoms with Gasteiger partial charge in [0.1, 0.15) is 5.75 Å². The van der Waals surface area contributed by atoms with E-state index in [2.05, 4.69) is 32.0 Å². The lowest BCUT2D eigenvalue weighted by atomic mass is 9.74. The summed E-state index contributed by atoms with van der Waals surface area (Å²) in [5.74, 6) is 0.608. The molecule has 1 nitrogen and oxygen atoms in total. The van der Waals surface area contributed by atoms with E-state index in [-0.39, 0.29) is 10.8 Å². The highest BCUT2D eigenvalue weighted by Crippen LogP contribution is 2.50. The molecule has 0 atom stereocenters. The van der Waals surface area contributed by atoms with Crippen LogP contribution in [0.25, 0.3) is 0 Å². The molecule has 2 fully saturated rings. The van der Waals surface area contributed by atoms with Crippen molar-refractivity contribution in [3.05, 3.63) is 29.3 Å². The van der Waals surface area contributed by atoms with Crippen LogP contribution in [0.5, 0.6) is 5.75 Å². The summed E-state index contributed by atoms with van der Waals surface area (Å²) < 4.78 is 0. The van der Waals surface area contributed by atoms with Gasteiger partial charge in [0.25, 0.3) is 0 Å². The quantitative estimate of drug-likeness (QED) is 0.786. The molecule has 0 bridgehead atoms. The van der Waals surface area contributed by atoms with Gasteiger partial charge in [-0.1, -0.05) is 57.7 Å². The smallest absolute Gasteiger partial charge is 0.123 e. The molecule has 2 saturated carbocycles. The second-order valence-electron chi connectivity index (χ2n) is 7.24. The van der Waals surface area contributed by atoms with Crippen molar-refractivity contribution in [2.75, 3.05) is 0 Å². The topological polar surface area (TPSA) is 20.2 Å². The van der Waals surface area contributed by atoms with E-state index in [1.165, 1.54) is 62.5 Å². The summed E-state index contributed by atoms with van der Waals surface area (Å²) >= 11 is 0. The van der Waals surface area contributed by atoms with E-state index in [9.17, 15) is 5.11 Å². The first-order valence-electron chi connectivity index (χ1n) is 7.88. The number of aromatic hydroxyl groups is 1. The summed E-state index contributed by atoms with van der Waals surface area (Å²) in [5, 5.41) is 10.8. The van der Waals surface area contributed by atoms with Crippen LogP contribution in [0.15, 0.2) is 18.2 Å². The van der Waals surface area contributed by atoms with Gasteiger partial charge in [-0.3, -0.25) is 0 Å². The molecule has 2 aliphatic carbocycles. The van der Waals surface area contributed by atoms with E-state index in [1.807, 2.05) is 0 Å². The largest absolute Gasteiger partial charge is 0.507 e. The van der Waals surface area contributed by atoms with Crippen molar-refractivity contribution in [3.63, 3.8) is 0 Å². The van der Waals surface area contributed by atoms with Gasteiger partial charge in [0.2, 0.25) is 0 Å². The lowest BCUT2D eigenvalue weighted by Gasteiger charge is -2.31. The van der Waals surface area contributed by atoms with Gasteiger partial charge in [0, 0.05) is 11.1 Å². The van der Waals surface area contributed by atoms with Crippen LogP contribution in [0.4, 0.5) is 0 Å². The molecular formula is C18H26O. The SMILES string of the molecule is CC1(c2cccc(C3(C)CCCC3)c2O)CCCC1. The highest BCUT2D eigenvalue weighted by Gasteiger charge is 2.37. The second kappa shape index (κ2) is 4.54. The van der Waals surface area contributed by atoms with E-state index in [4.69, 9.17) is 0 Å². The molecule has 1 aromatic rings. The Labute approximate surface area is 117 Å². The van der Waals surface area contributed by atoms with Gasteiger partial charge >= 0.3 is 0 Å². The third kappa shape index (κ3) is 2.07. The van der Waals surface area contributed by atoms with E-state index < -0.39 is 0 Å². The maximum absolute atomic E-state index is 10.8. The van der Waals surface area contributed by atoms with Crippen LogP contribution in [0.3, 0.4) is 0 Å². The Morgan fingerprint density at radius 1 is 0.789 bits per heavy atom. The Hall–Kier alpha value is -0.980. The predicted molar refractivity (Wildman–Crippen MR) is 79.7 cm³/mol. The van der Waals surface area contributed by atoms with Gasteiger partial charge in [-0.2, -0.15) is 0 Å². The van der Waals surface area contributed by atoms with E-state index in [1.54, 1.807) is 0 Å². The fraction of sp³-hybridized carbons (Fsp3) is 0.667. The lowest BCUT2D eigenvalue weighted by Crippen LogP contribution is -2.21. The van der Waals surface area contributed by atoms with Crippen molar-refractivity contribution in [3.8, 4) is 5.75 Å². The molecule has 1 heteroatoms. The van der Waals surface area contributed by atoms with Crippen LogP contribution in [0.2, 0.25) is 0 Å². The standard InChI is InChI=1S/C18H26O/c1-17(10-3-4-11-17)14-8-7-9-15(16(14)19)18(2)12-5-6-13-18/h7-9,19H,3-6,10-13H2,1-2H3. The average molecular weight is 258 g/mol. The van der Waals surface area contributed by atoms with Crippen molar-refractivity contribution >= 4 is 0 Å². The van der Waals surface area contributed by atoms with E-state index in [0.29, 0.717) is 5.75 Å². The molecule has 0 amide bonds. The van der Waals surface area contributed by atoms with Gasteiger partial charge in [-0.05, 0) is 36.5 Å². The molecule has 0 aromatic heterocycles. The summed E-state index contributed by atoms with van der Waals surface area (Å²) in [6, 6.07) is 6.47. The number of hydrogen-bond acceptors (Lipinski definition) is 1. The minimum Gasteiger partial charge on any atom is -0.507 e. The third-order valence-electron chi connectivity index (χ3n) is 5.75. The molecular weight excluding hydrogens is 232 g/mol. The zero-order chi connectivity index (χ0) is 13.5. The molecule has 0 saturated heterocycles. The lowest BCUT2D eigenvalue weighted by molar-refractivity contribution is 0.393. The number of hydrogen-bond donors (Lipinski definition) is 1. The minimum atomic E-state index is 0.203. The van der Waals surface area contributed by atoms with Crippen LogP contribution in [0.1, 0.15) is 76.3 Å². The molecule has 3 rings (SSSR count). The molecule has 1 N–H and O–H groups in total. The van der Waals surface area contributed by atoms with E-state index >= 15 is 0 Å². The summed E-state index contributed by atoms with van der Waals surface area (Å²) in [7, 11) is 0. The Bertz CT molecular complexity index is 422. The third-order valence-corrected chi connectivity index (χ3v) is 5.75. The Morgan fingerprint density at radius 3 is 1.53 bits per heavy atom. The number of phenols is 1. The first kappa shape index (κ1) is 13.0. The predicted octanol–water partition coefficient (Wildman–Crippen LogP) is 5.06. The molecule has 104 valence electrons. The van der Waals surface area contributed by atoms with Crippen LogP contribution in [0, 0.1) is 0 Å². The number of rotatable bonds is 2. The number of benzene rings is 1. The van der Waals surface area contributed by atoms with E-state index in [0.717, 1.165) is 0 Å². The van der Waals surface area contributed by atoms with Gasteiger partial charge in [-0.25, -0.2) is 0 Å². The highest BCUT2D eigenvalue weighted by molar-refractivity contribution is 5.48. The van der Waals surface area contributed by atoms with Crippen molar-refractivity contribution in [2.24, 2.45) is 0 Å².